The Hall–Kier alpha value is -6.66. The van der Waals surface area contributed by atoms with Crippen LogP contribution in [0.3, 0.4) is 0 Å². The van der Waals surface area contributed by atoms with Crippen LogP contribution in [0.15, 0.2) is 77.4 Å². The fraction of sp³-hybridized carbons (Fsp3) is 0.283. The summed E-state index contributed by atoms with van der Waals surface area (Å²) >= 11 is 24.3. The summed E-state index contributed by atoms with van der Waals surface area (Å²) in [5, 5.41) is 15.2. The first-order valence-electron chi connectivity index (χ1n) is 22.0. The molecule has 0 spiro atoms. The van der Waals surface area contributed by atoms with E-state index in [1.807, 2.05) is 0 Å². The van der Waals surface area contributed by atoms with Crippen LogP contribution in [0.2, 0.25) is 20.1 Å². The Labute approximate surface area is 464 Å². The lowest BCUT2D eigenvalue weighted by molar-refractivity contribution is -0.169. The van der Waals surface area contributed by atoms with Crippen LogP contribution >= 0.6 is 46.4 Å². The number of carbonyl (C=O) groups excluding carboxylic acids is 5. The third-order valence-electron chi connectivity index (χ3n) is 10.8. The zero-order valence-corrected chi connectivity index (χ0v) is 45.9. The summed E-state index contributed by atoms with van der Waals surface area (Å²) in [4.78, 5) is 71.5. The molecule has 4 atom stereocenters. The SMILES string of the molecule is Cc1cc(Cl)cc(C(=O)NCC(C)S(C)(=O)=NC(=O)C(F)(F)F)c1NC(=O)c1cc(C(F)(F)F)nn1-c1ncccc1Cl.Cc1cc(Cl)cc(C(=O)NCC(C)S(C)=O)c1NC(=O)c1cc(C(F)(F)F)nn1-c1ncccc1Cl. The molecule has 0 saturated carbocycles. The maximum atomic E-state index is 13.5. The summed E-state index contributed by atoms with van der Waals surface area (Å²) in [5.41, 5.74) is -3.84. The lowest BCUT2D eigenvalue weighted by Crippen LogP contribution is -2.36. The second-order valence-electron chi connectivity index (χ2n) is 16.8. The van der Waals surface area contributed by atoms with E-state index < -0.39 is 103 Å². The number of halogens is 13. The minimum Gasteiger partial charge on any atom is -0.351 e. The van der Waals surface area contributed by atoms with Gasteiger partial charge in [-0.25, -0.2) is 23.5 Å². The van der Waals surface area contributed by atoms with Crippen LogP contribution in [0.5, 0.6) is 0 Å². The average Bonchev–Trinajstić information content (AvgIpc) is 4.04. The lowest BCUT2D eigenvalue weighted by Gasteiger charge is -2.18. The van der Waals surface area contributed by atoms with Gasteiger partial charge in [0.2, 0.25) is 0 Å². The van der Waals surface area contributed by atoms with Gasteiger partial charge in [-0.2, -0.15) is 54.1 Å². The molecule has 0 aliphatic carbocycles. The van der Waals surface area contributed by atoms with E-state index in [0.29, 0.717) is 27.1 Å². The number of hydrogen-bond donors (Lipinski definition) is 4. The molecule has 4 aromatic heterocycles. The van der Waals surface area contributed by atoms with E-state index in [2.05, 4.69) is 45.8 Å². The molecule has 424 valence electrons. The predicted octanol–water partition coefficient (Wildman–Crippen LogP) is 10.1. The lowest BCUT2D eigenvalue weighted by atomic mass is 10.1. The van der Waals surface area contributed by atoms with Gasteiger partial charge in [0.25, 0.3) is 23.6 Å². The summed E-state index contributed by atoms with van der Waals surface area (Å²) < 4.78 is 147. The van der Waals surface area contributed by atoms with Gasteiger partial charge in [0.15, 0.2) is 23.0 Å². The number of anilines is 2. The largest absolute Gasteiger partial charge is 0.474 e. The number of aryl methyl sites for hydroxylation is 2. The zero-order chi connectivity index (χ0) is 59.3. The van der Waals surface area contributed by atoms with E-state index in [-0.39, 0.29) is 71.6 Å². The molecule has 6 rings (SSSR count). The molecule has 4 unspecified atom stereocenters. The number of nitrogens with zero attached hydrogens (tertiary/aromatic N) is 7. The van der Waals surface area contributed by atoms with Gasteiger partial charge in [-0.3, -0.25) is 28.2 Å². The smallest absolute Gasteiger partial charge is 0.351 e. The highest BCUT2D eigenvalue weighted by molar-refractivity contribution is 7.93. The number of benzene rings is 2. The first-order valence-corrected chi connectivity index (χ1v) is 27.1. The summed E-state index contributed by atoms with van der Waals surface area (Å²) in [6.45, 7) is 5.42. The molecule has 4 heterocycles. The molecule has 0 bridgehead atoms. The van der Waals surface area contributed by atoms with E-state index >= 15 is 0 Å². The van der Waals surface area contributed by atoms with Gasteiger partial charge in [0.1, 0.15) is 11.4 Å². The van der Waals surface area contributed by atoms with Crippen molar-refractivity contribution < 1.29 is 71.9 Å². The standard InChI is InChI=1S/C24H20Cl2F6N6O4S.C22H20Cl2F3N5O3S/c1-11-7-13(25)8-14(20(39)34-10-12(2)43(3,42)37-22(41)24(30,31)32)18(11)35-21(40)16-9-17(23(27,28)29)36-38(16)19-15(26)5-4-6-33-19;1-11-7-13(23)8-14(20(33)29-10-12(2)36(3)35)18(11)30-21(34)16-9-17(22(25,26)27)31-32(16)19-15(24)5-4-6-28-19/h4-9,12H,10H2,1-3H3,(H,34,39)(H,35,40);4-9,12H,10H2,1-3H3,(H,29,33)(H,30,34). The summed E-state index contributed by atoms with van der Waals surface area (Å²) in [6.07, 6.45) is -10.3. The van der Waals surface area contributed by atoms with Crippen LogP contribution in [0.25, 0.3) is 11.6 Å². The van der Waals surface area contributed by atoms with Gasteiger partial charge in [-0.15, -0.1) is 0 Å². The van der Waals surface area contributed by atoms with E-state index in [1.54, 1.807) is 13.8 Å². The highest BCUT2D eigenvalue weighted by Crippen LogP contribution is 2.34. The summed E-state index contributed by atoms with van der Waals surface area (Å²) in [5.74, 6) is -6.75. The Bertz CT molecular complexity index is 3510. The Balaban J connectivity index is 0.000000295. The minimum atomic E-state index is -5.34. The number of nitrogens with one attached hydrogen (secondary N) is 4. The average molecular weight is 1240 g/mol. The number of aromatic nitrogens is 6. The van der Waals surface area contributed by atoms with Gasteiger partial charge >= 0.3 is 24.4 Å². The molecule has 2 aromatic carbocycles. The van der Waals surface area contributed by atoms with Gasteiger partial charge in [0.05, 0.1) is 47.5 Å². The maximum Gasteiger partial charge on any atom is 0.474 e. The van der Waals surface area contributed by atoms with Crippen molar-refractivity contribution >= 4 is 108 Å². The molecule has 18 nitrogen and oxygen atoms in total. The number of hydrogen-bond acceptors (Lipinski definition) is 11. The van der Waals surface area contributed by atoms with Gasteiger partial charge in [-0.05, 0) is 87.4 Å². The third kappa shape index (κ3) is 16.0. The Kier molecular flexibility index (Phi) is 20.2. The van der Waals surface area contributed by atoms with Crippen molar-refractivity contribution in [2.24, 2.45) is 4.36 Å². The molecule has 4 N–H and O–H groups in total. The van der Waals surface area contributed by atoms with Crippen LogP contribution in [-0.2, 0) is 37.7 Å². The van der Waals surface area contributed by atoms with Crippen molar-refractivity contribution in [2.75, 3.05) is 36.2 Å². The minimum absolute atomic E-state index is 0.0171. The summed E-state index contributed by atoms with van der Waals surface area (Å²) in [7, 11) is -4.96. The van der Waals surface area contributed by atoms with Crippen molar-refractivity contribution in [3.8, 4) is 11.6 Å². The van der Waals surface area contributed by atoms with Crippen LogP contribution in [0, 0.1) is 13.8 Å². The molecule has 0 aliphatic heterocycles. The highest BCUT2D eigenvalue weighted by Gasteiger charge is 2.41. The predicted molar refractivity (Wildman–Crippen MR) is 276 cm³/mol. The topological polar surface area (TPSA) is 241 Å². The zero-order valence-electron chi connectivity index (χ0n) is 41.2. The van der Waals surface area contributed by atoms with Crippen molar-refractivity contribution in [3.63, 3.8) is 0 Å². The molecule has 0 aliphatic rings. The first kappa shape index (κ1) is 63.2. The van der Waals surface area contributed by atoms with Crippen LogP contribution in [0.1, 0.15) is 78.1 Å². The number of carbonyl (C=O) groups is 5. The normalized spacial score (nSPS) is 13.7. The van der Waals surface area contributed by atoms with Crippen molar-refractivity contribution in [1.29, 1.82) is 0 Å². The fourth-order valence-corrected chi connectivity index (χ4v) is 8.80. The molecular formula is C46H40Cl4F9N11O7S2. The van der Waals surface area contributed by atoms with Crippen molar-refractivity contribution in [3.05, 3.63) is 138 Å². The number of alkyl halides is 9. The maximum absolute atomic E-state index is 13.5. The number of rotatable bonds is 14. The second-order valence-corrected chi connectivity index (χ2v) is 23.0. The van der Waals surface area contributed by atoms with E-state index in [0.717, 1.165) is 12.3 Å². The molecule has 0 radical (unpaired) electrons. The molecule has 0 saturated heterocycles. The van der Waals surface area contributed by atoms with Crippen LogP contribution in [-0.4, -0.2) is 110 Å². The molecule has 33 heteroatoms. The Morgan fingerprint density at radius 1 is 0.658 bits per heavy atom. The second kappa shape index (κ2) is 25.2. The number of pyridine rings is 2. The molecule has 5 amide bonds. The van der Waals surface area contributed by atoms with Crippen LogP contribution in [0.4, 0.5) is 50.9 Å². The Morgan fingerprint density at radius 2 is 1.05 bits per heavy atom. The van der Waals surface area contributed by atoms with Crippen molar-refractivity contribution in [1.82, 2.24) is 40.2 Å². The molecule has 79 heavy (non-hydrogen) atoms. The number of amides is 5. The fourth-order valence-electron chi connectivity index (χ4n) is 6.53. The van der Waals surface area contributed by atoms with Crippen molar-refractivity contribution in [2.45, 2.75) is 56.7 Å². The molecule has 6 aromatic rings. The molecule has 0 fully saturated rings. The molecular weight excluding hydrogens is 1200 g/mol. The van der Waals surface area contributed by atoms with E-state index in [9.17, 15) is 71.9 Å². The van der Waals surface area contributed by atoms with Gasteiger partial charge < -0.3 is 21.3 Å². The van der Waals surface area contributed by atoms with E-state index in [4.69, 9.17) is 46.4 Å². The monoisotopic (exact) mass is 1230 g/mol. The first-order chi connectivity index (χ1) is 36.5. The van der Waals surface area contributed by atoms with Gasteiger partial charge in [-0.1, -0.05) is 46.4 Å². The Morgan fingerprint density at radius 3 is 1.41 bits per heavy atom. The third-order valence-corrected chi connectivity index (χ3v) is 15.3. The summed E-state index contributed by atoms with van der Waals surface area (Å²) in [6, 6.07) is 11.8. The van der Waals surface area contributed by atoms with E-state index in [1.165, 1.54) is 75.0 Å². The van der Waals surface area contributed by atoms with Crippen LogP contribution < -0.4 is 21.3 Å². The quantitative estimate of drug-likeness (QED) is 0.0748. The van der Waals surface area contributed by atoms with Gasteiger partial charge in [0, 0.05) is 76.2 Å². The highest BCUT2D eigenvalue weighted by atomic mass is 35.5.